The minimum atomic E-state index is -0.919. The second kappa shape index (κ2) is 5.81. The van der Waals surface area contributed by atoms with E-state index in [0.717, 1.165) is 11.6 Å². The fourth-order valence-electron chi connectivity index (χ4n) is 1.91. The third-order valence-corrected chi connectivity index (χ3v) is 3.62. The molecule has 0 unspecified atom stereocenters. The van der Waals surface area contributed by atoms with Crippen molar-refractivity contribution < 1.29 is 13.6 Å². The van der Waals surface area contributed by atoms with Crippen molar-refractivity contribution in [3.63, 3.8) is 0 Å². The smallest absolute Gasteiger partial charge is 0.258 e. The number of nitrogens with two attached hydrogens (primary N) is 1. The molecule has 0 radical (unpaired) electrons. The van der Waals surface area contributed by atoms with Crippen LogP contribution in [0, 0.1) is 25.5 Å². The van der Waals surface area contributed by atoms with Gasteiger partial charge in [-0.05, 0) is 59.1 Å². The van der Waals surface area contributed by atoms with Crippen LogP contribution in [0.1, 0.15) is 21.5 Å². The minimum absolute atomic E-state index is 0.192. The highest BCUT2D eigenvalue weighted by atomic mass is 79.9. The van der Waals surface area contributed by atoms with Gasteiger partial charge in [0.25, 0.3) is 5.91 Å². The van der Waals surface area contributed by atoms with Crippen LogP contribution >= 0.6 is 15.9 Å². The highest BCUT2D eigenvalue weighted by molar-refractivity contribution is 9.10. The number of nitrogens with one attached hydrogen (secondary N) is 1. The van der Waals surface area contributed by atoms with Gasteiger partial charge >= 0.3 is 0 Å². The van der Waals surface area contributed by atoms with Gasteiger partial charge in [0, 0.05) is 10.5 Å². The molecule has 2 rings (SSSR count). The highest BCUT2D eigenvalue weighted by Gasteiger charge is 2.17. The topological polar surface area (TPSA) is 55.1 Å². The van der Waals surface area contributed by atoms with Gasteiger partial charge in [-0.2, -0.15) is 0 Å². The summed E-state index contributed by atoms with van der Waals surface area (Å²) in [6.07, 6.45) is 0. The minimum Gasteiger partial charge on any atom is -0.397 e. The lowest BCUT2D eigenvalue weighted by Gasteiger charge is -2.12. The molecule has 0 saturated heterocycles. The average Bonchev–Trinajstić information content (AvgIpc) is 2.37. The Morgan fingerprint density at radius 3 is 2.43 bits per heavy atom. The van der Waals surface area contributed by atoms with Crippen molar-refractivity contribution in [1.29, 1.82) is 0 Å². The monoisotopic (exact) mass is 354 g/mol. The fourth-order valence-corrected chi connectivity index (χ4v) is 2.60. The number of anilines is 2. The van der Waals surface area contributed by atoms with Gasteiger partial charge in [0.05, 0.1) is 16.9 Å². The van der Waals surface area contributed by atoms with Crippen molar-refractivity contribution in [2.45, 2.75) is 13.8 Å². The molecule has 0 bridgehead atoms. The van der Waals surface area contributed by atoms with E-state index in [2.05, 4.69) is 21.2 Å². The Bertz CT molecular complexity index is 709. The summed E-state index contributed by atoms with van der Waals surface area (Å²) in [6.45, 7) is 3.32. The zero-order valence-electron chi connectivity index (χ0n) is 11.4. The molecule has 0 aliphatic rings. The van der Waals surface area contributed by atoms with E-state index in [0.29, 0.717) is 21.9 Å². The third-order valence-electron chi connectivity index (χ3n) is 3.00. The van der Waals surface area contributed by atoms with E-state index in [-0.39, 0.29) is 11.1 Å². The molecule has 0 fully saturated rings. The summed E-state index contributed by atoms with van der Waals surface area (Å²) in [6, 6.07) is 5.32. The molecular formula is C15H13BrF2N2O. The van der Waals surface area contributed by atoms with E-state index in [4.69, 9.17) is 5.73 Å². The molecule has 3 N–H and O–H groups in total. The molecule has 0 aliphatic carbocycles. The second-order valence-electron chi connectivity index (χ2n) is 4.75. The number of hydrogen-bond donors (Lipinski definition) is 2. The summed E-state index contributed by atoms with van der Waals surface area (Å²) in [7, 11) is 0. The van der Waals surface area contributed by atoms with E-state index < -0.39 is 17.5 Å². The van der Waals surface area contributed by atoms with E-state index in [1.807, 2.05) is 6.92 Å². The summed E-state index contributed by atoms with van der Waals surface area (Å²) in [5.74, 6) is -2.30. The first-order chi connectivity index (χ1) is 9.79. The summed E-state index contributed by atoms with van der Waals surface area (Å²) < 4.78 is 27.5. The van der Waals surface area contributed by atoms with E-state index in [1.54, 1.807) is 12.1 Å². The first-order valence-electron chi connectivity index (χ1n) is 6.12. The Morgan fingerprint density at radius 2 is 1.81 bits per heavy atom. The predicted molar refractivity (Wildman–Crippen MR) is 82.3 cm³/mol. The van der Waals surface area contributed by atoms with Gasteiger partial charge in [-0.1, -0.05) is 0 Å². The summed E-state index contributed by atoms with van der Waals surface area (Å²) in [5.41, 5.74) is 7.43. The highest BCUT2D eigenvalue weighted by Crippen LogP contribution is 2.31. The van der Waals surface area contributed by atoms with Gasteiger partial charge in [0.15, 0.2) is 0 Å². The average molecular weight is 355 g/mol. The molecule has 6 heteroatoms. The lowest BCUT2D eigenvalue weighted by Crippen LogP contribution is -2.16. The molecule has 21 heavy (non-hydrogen) atoms. The van der Waals surface area contributed by atoms with Gasteiger partial charge in [0.2, 0.25) is 0 Å². The van der Waals surface area contributed by atoms with Crippen molar-refractivity contribution in [3.8, 4) is 0 Å². The molecule has 0 saturated carbocycles. The molecule has 3 nitrogen and oxygen atoms in total. The fraction of sp³-hybridized carbons (Fsp3) is 0.133. The number of rotatable bonds is 2. The van der Waals surface area contributed by atoms with Crippen LogP contribution in [0.4, 0.5) is 20.2 Å². The summed E-state index contributed by atoms with van der Waals surface area (Å²) in [4.78, 5) is 12.1. The molecular weight excluding hydrogens is 342 g/mol. The number of carbonyl (C=O) groups is 1. The normalized spacial score (nSPS) is 10.5. The Morgan fingerprint density at radius 1 is 1.14 bits per heavy atom. The largest absolute Gasteiger partial charge is 0.397 e. The van der Waals surface area contributed by atoms with Crippen LogP contribution in [-0.4, -0.2) is 5.91 Å². The van der Waals surface area contributed by atoms with Crippen LogP contribution in [0.5, 0.6) is 0 Å². The number of halogens is 3. The van der Waals surface area contributed by atoms with Gasteiger partial charge in [-0.3, -0.25) is 4.79 Å². The molecule has 1 amide bonds. The Kier molecular flexibility index (Phi) is 4.27. The quantitative estimate of drug-likeness (QED) is 0.794. The molecule has 2 aromatic carbocycles. The number of hydrogen-bond acceptors (Lipinski definition) is 2. The maximum atomic E-state index is 13.7. The van der Waals surface area contributed by atoms with Gasteiger partial charge in [-0.15, -0.1) is 0 Å². The molecule has 2 aromatic rings. The van der Waals surface area contributed by atoms with E-state index >= 15 is 0 Å². The lowest BCUT2D eigenvalue weighted by molar-refractivity contribution is 0.102. The first kappa shape index (κ1) is 15.4. The zero-order valence-corrected chi connectivity index (χ0v) is 13.0. The van der Waals surface area contributed by atoms with Gasteiger partial charge in [0.1, 0.15) is 11.6 Å². The Labute approximate surface area is 129 Å². The number of nitrogen functional groups attached to an aromatic ring is 1. The molecule has 0 heterocycles. The zero-order chi connectivity index (χ0) is 15.7. The Hall–Kier alpha value is -1.95. The van der Waals surface area contributed by atoms with Crippen LogP contribution in [0.15, 0.2) is 28.7 Å². The van der Waals surface area contributed by atoms with Crippen molar-refractivity contribution >= 4 is 33.2 Å². The van der Waals surface area contributed by atoms with Crippen molar-refractivity contribution in [3.05, 3.63) is 57.1 Å². The Balaban J connectivity index is 2.37. The van der Waals surface area contributed by atoms with Crippen molar-refractivity contribution in [2.24, 2.45) is 0 Å². The number of aryl methyl sites for hydroxylation is 2. The van der Waals surface area contributed by atoms with Crippen LogP contribution in [0.25, 0.3) is 0 Å². The molecule has 0 aliphatic heterocycles. The molecule has 0 aromatic heterocycles. The number of amides is 1. The van der Waals surface area contributed by atoms with Crippen LogP contribution in [-0.2, 0) is 0 Å². The van der Waals surface area contributed by atoms with Gasteiger partial charge < -0.3 is 11.1 Å². The molecule has 0 atom stereocenters. The summed E-state index contributed by atoms with van der Waals surface area (Å²) in [5, 5.41) is 2.54. The maximum Gasteiger partial charge on any atom is 0.258 e. The maximum absolute atomic E-state index is 13.7. The summed E-state index contributed by atoms with van der Waals surface area (Å²) >= 11 is 3.30. The third kappa shape index (κ3) is 3.21. The van der Waals surface area contributed by atoms with Crippen LogP contribution in [0.3, 0.4) is 0 Å². The van der Waals surface area contributed by atoms with E-state index in [1.165, 1.54) is 6.92 Å². The second-order valence-corrected chi connectivity index (χ2v) is 5.60. The van der Waals surface area contributed by atoms with Crippen molar-refractivity contribution in [1.82, 2.24) is 0 Å². The molecule has 110 valence electrons. The number of benzene rings is 2. The number of carbonyl (C=O) groups excluding carboxylic acids is 1. The van der Waals surface area contributed by atoms with Crippen molar-refractivity contribution in [2.75, 3.05) is 11.1 Å². The van der Waals surface area contributed by atoms with Crippen LogP contribution < -0.4 is 11.1 Å². The predicted octanol–water partition coefficient (Wildman–Crippen LogP) is 4.18. The SMILES string of the molecule is Cc1cc(N)c(NC(=O)c2cc(C)c(F)cc2F)c(Br)c1. The first-order valence-corrected chi connectivity index (χ1v) is 6.91. The van der Waals surface area contributed by atoms with Gasteiger partial charge in [-0.25, -0.2) is 8.78 Å². The van der Waals surface area contributed by atoms with E-state index in [9.17, 15) is 13.6 Å². The standard InChI is InChI=1S/C15H13BrF2N2O/c1-7-3-10(16)14(13(19)4-7)20-15(21)9-5-8(2)11(17)6-12(9)18/h3-6H,19H2,1-2H3,(H,20,21). The van der Waals surface area contributed by atoms with Crippen LogP contribution in [0.2, 0.25) is 0 Å². The lowest BCUT2D eigenvalue weighted by atomic mass is 10.1. The molecule has 0 spiro atoms.